The minimum atomic E-state index is 0.461. The summed E-state index contributed by atoms with van der Waals surface area (Å²) in [7, 11) is 0. The van der Waals surface area contributed by atoms with Crippen LogP contribution in [0.25, 0.3) is 0 Å². The predicted octanol–water partition coefficient (Wildman–Crippen LogP) is 4.52. The lowest BCUT2D eigenvalue weighted by molar-refractivity contribution is 0.634. The van der Waals surface area contributed by atoms with Gasteiger partial charge in [0, 0.05) is 20.5 Å². The number of rotatable bonds is 0. The van der Waals surface area contributed by atoms with Crippen LogP contribution in [0.1, 0.15) is 17.3 Å². The van der Waals surface area contributed by atoms with Gasteiger partial charge in [0.15, 0.2) is 0 Å². The molecule has 0 fully saturated rings. The highest BCUT2D eigenvalue weighted by Gasteiger charge is 2.24. The third-order valence-corrected chi connectivity index (χ3v) is 5.28. The summed E-state index contributed by atoms with van der Waals surface area (Å²) in [6, 6.07) is 6.14. The minimum Gasteiger partial charge on any atom is -0.126 e. The van der Waals surface area contributed by atoms with Gasteiger partial charge in [-0.05, 0) is 29.7 Å². The topological polar surface area (TPSA) is 0 Å². The molecule has 1 aliphatic heterocycles. The molecule has 0 bridgehead atoms. The Morgan fingerprint density at radius 2 is 2.31 bits per heavy atom. The molecule has 0 aromatic heterocycles. The van der Waals surface area contributed by atoms with Gasteiger partial charge in [0.2, 0.25) is 0 Å². The summed E-state index contributed by atoms with van der Waals surface area (Å²) in [5.74, 6) is 1.86. The molecule has 0 nitrogen and oxygen atoms in total. The van der Waals surface area contributed by atoms with E-state index in [2.05, 4.69) is 35.0 Å². The molecule has 2 atom stereocenters. The normalized spacial score (nSPS) is 27.0. The van der Waals surface area contributed by atoms with Gasteiger partial charge in [0.05, 0.1) is 0 Å². The fraction of sp³-hybridized carbons (Fsp3) is 0.400. The van der Waals surface area contributed by atoms with Gasteiger partial charge in [-0.25, -0.2) is 0 Å². The molecule has 0 spiro atoms. The van der Waals surface area contributed by atoms with Crippen LogP contribution in [0.15, 0.2) is 23.1 Å². The second-order valence-electron chi connectivity index (χ2n) is 3.37. The van der Waals surface area contributed by atoms with E-state index in [-0.39, 0.29) is 0 Å². The summed E-state index contributed by atoms with van der Waals surface area (Å²) in [5.41, 5.74) is 1.34. The van der Waals surface area contributed by atoms with E-state index in [0.717, 1.165) is 5.02 Å². The van der Waals surface area contributed by atoms with Crippen molar-refractivity contribution in [3.63, 3.8) is 0 Å². The fourth-order valence-electron chi connectivity index (χ4n) is 1.48. The van der Waals surface area contributed by atoms with E-state index in [0.29, 0.717) is 10.7 Å². The molecule has 13 heavy (non-hydrogen) atoms. The third-order valence-electron chi connectivity index (χ3n) is 2.27. The van der Waals surface area contributed by atoms with E-state index < -0.39 is 0 Å². The quantitative estimate of drug-likeness (QED) is 0.628. The molecule has 2 rings (SSSR count). The van der Waals surface area contributed by atoms with Crippen LogP contribution in [0, 0.1) is 5.92 Å². The number of hydrogen-bond acceptors (Lipinski definition) is 1. The van der Waals surface area contributed by atoms with Crippen molar-refractivity contribution >= 4 is 39.3 Å². The average Bonchev–Trinajstić information content (AvgIpc) is 2.12. The lowest BCUT2D eigenvalue weighted by Gasteiger charge is -2.26. The smallest absolute Gasteiger partial charge is 0.0440 e. The number of benzene rings is 1. The molecular weight excluding hydrogens is 268 g/mol. The third kappa shape index (κ3) is 1.90. The van der Waals surface area contributed by atoms with E-state index in [1.54, 1.807) is 0 Å². The van der Waals surface area contributed by atoms with E-state index in [1.165, 1.54) is 16.2 Å². The molecule has 0 N–H and O–H groups in total. The highest BCUT2D eigenvalue weighted by Crippen LogP contribution is 2.44. The van der Waals surface area contributed by atoms with Crippen molar-refractivity contribution in [3.05, 3.63) is 28.8 Å². The second kappa shape index (κ2) is 3.84. The Bertz CT molecular complexity index is 327. The average molecular weight is 278 g/mol. The first-order valence-electron chi connectivity index (χ1n) is 4.25. The van der Waals surface area contributed by atoms with Crippen molar-refractivity contribution < 1.29 is 0 Å². The molecular formula is C10H10BrClS. The highest BCUT2D eigenvalue weighted by molar-refractivity contribution is 9.09. The number of alkyl halides is 1. The van der Waals surface area contributed by atoms with Crippen LogP contribution in [0.4, 0.5) is 0 Å². The van der Waals surface area contributed by atoms with Crippen LogP contribution in [0.5, 0.6) is 0 Å². The van der Waals surface area contributed by atoms with Crippen LogP contribution >= 0.6 is 39.3 Å². The fourth-order valence-corrected chi connectivity index (χ4v) is 3.78. The standard InChI is InChI=1S/C10H10BrClS/c1-6-5-13-9-3-2-7(12)4-8(9)10(6)11/h2-4,6,10H,5H2,1H3. The van der Waals surface area contributed by atoms with Crippen molar-refractivity contribution in [2.24, 2.45) is 5.92 Å². The maximum Gasteiger partial charge on any atom is 0.0440 e. The number of fused-ring (bicyclic) bond motifs is 1. The Labute approximate surface area is 96.2 Å². The van der Waals surface area contributed by atoms with Crippen LogP contribution < -0.4 is 0 Å². The Hall–Kier alpha value is 0.340. The molecule has 70 valence electrons. The molecule has 1 heterocycles. The second-order valence-corrected chi connectivity index (χ2v) is 5.86. The van der Waals surface area contributed by atoms with Gasteiger partial charge in [-0.2, -0.15) is 0 Å². The van der Waals surface area contributed by atoms with Gasteiger partial charge in [0.1, 0.15) is 0 Å². The maximum atomic E-state index is 5.96. The van der Waals surface area contributed by atoms with E-state index in [9.17, 15) is 0 Å². The first-order chi connectivity index (χ1) is 6.18. The molecule has 0 amide bonds. The molecule has 0 saturated heterocycles. The van der Waals surface area contributed by atoms with Crippen LogP contribution in [-0.4, -0.2) is 5.75 Å². The molecule has 1 aromatic carbocycles. The lowest BCUT2D eigenvalue weighted by Crippen LogP contribution is -2.12. The van der Waals surface area contributed by atoms with Gasteiger partial charge >= 0.3 is 0 Å². The summed E-state index contributed by atoms with van der Waals surface area (Å²) in [5, 5.41) is 0.831. The molecule has 0 radical (unpaired) electrons. The zero-order chi connectivity index (χ0) is 9.42. The lowest BCUT2D eigenvalue weighted by atomic mass is 10.0. The monoisotopic (exact) mass is 276 g/mol. The zero-order valence-electron chi connectivity index (χ0n) is 7.26. The first kappa shape index (κ1) is 9.88. The maximum absolute atomic E-state index is 5.96. The molecule has 3 heteroatoms. The SMILES string of the molecule is CC1CSc2ccc(Cl)cc2C1Br. The predicted molar refractivity (Wildman–Crippen MR) is 63.0 cm³/mol. The zero-order valence-corrected chi connectivity index (χ0v) is 10.4. The number of halogens is 2. The summed E-state index contributed by atoms with van der Waals surface area (Å²) < 4.78 is 0. The summed E-state index contributed by atoms with van der Waals surface area (Å²) in [4.78, 5) is 1.83. The van der Waals surface area contributed by atoms with Crippen molar-refractivity contribution in [1.82, 2.24) is 0 Å². The Morgan fingerprint density at radius 3 is 3.08 bits per heavy atom. The largest absolute Gasteiger partial charge is 0.126 e. The van der Waals surface area contributed by atoms with E-state index >= 15 is 0 Å². The summed E-state index contributed by atoms with van der Waals surface area (Å²) >= 11 is 11.6. The summed E-state index contributed by atoms with van der Waals surface area (Å²) in [6.45, 7) is 2.26. The van der Waals surface area contributed by atoms with Crippen LogP contribution in [0.3, 0.4) is 0 Å². The van der Waals surface area contributed by atoms with Gasteiger partial charge in [-0.1, -0.05) is 34.5 Å². The Kier molecular flexibility index (Phi) is 2.91. The molecule has 0 aliphatic carbocycles. The van der Waals surface area contributed by atoms with Gasteiger partial charge < -0.3 is 0 Å². The van der Waals surface area contributed by atoms with Gasteiger partial charge in [-0.15, -0.1) is 11.8 Å². The molecule has 2 unspecified atom stereocenters. The summed E-state index contributed by atoms with van der Waals surface area (Å²) in [6.07, 6.45) is 0. The van der Waals surface area contributed by atoms with Gasteiger partial charge in [0.25, 0.3) is 0 Å². The van der Waals surface area contributed by atoms with Crippen molar-refractivity contribution in [2.45, 2.75) is 16.6 Å². The minimum absolute atomic E-state index is 0.461. The Morgan fingerprint density at radius 1 is 1.54 bits per heavy atom. The number of hydrogen-bond donors (Lipinski definition) is 0. The van der Waals surface area contributed by atoms with Crippen LogP contribution in [0.2, 0.25) is 5.02 Å². The van der Waals surface area contributed by atoms with Gasteiger partial charge in [-0.3, -0.25) is 0 Å². The Balaban J connectivity index is 2.45. The molecule has 1 aliphatic rings. The van der Waals surface area contributed by atoms with Crippen molar-refractivity contribution in [2.75, 3.05) is 5.75 Å². The van der Waals surface area contributed by atoms with E-state index in [1.807, 2.05) is 17.8 Å². The molecule has 0 saturated carbocycles. The van der Waals surface area contributed by atoms with E-state index in [4.69, 9.17) is 11.6 Å². The van der Waals surface area contributed by atoms with Crippen molar-refractivity contribution in [3.8, 4) is 0 Å². The molecule has 1 aromatic rings. The number of thioether (sulfide) groups is 1. The first-order valence-corrected chi connectivity index (χ1v) is 6.52. The van der Waals surface area contributed by atoms with Crippen LogP contribution in [-0.2, 0) is 0 Å². The van der Waals surface area contributed by atoms with Crippen molar-refractivity contribution in [1.29, 1.82) is 0 Å². The highest BCUT2D eigenvalue weighted by atomic mass is 79.9.